The van der Waals surface area contributed by atoms with Gasteiger partial charge in [0.1, 0.15) is 0 Å². The molecule has 0 saturated heterocycles. The molecule has 1 N–H and O–H groups in total. The molecule has 0 amide bonds. The second-order valence-electron chi connectivity index (χ2n) is 4.88. The molecule has 1 saturated carbocycles. The van der Waals surface area contributed by atoms with Crippen molar-refractivity contribution in [1.29, 1.82) is 0 Å². The predicted molar refractivity (Wildman–Crippen MR) is 75.1 cm³/mol. The van der Waals surface area contributed by atoms with E-state index in [0.29, 0.717) is 6.04 Å². The van der Waals surface area contributed by atoms with Crippen molar-refractivity contribution in [3.05, 3.63) is 29.6 Å². The van der Waals surface area contributed by atoms with E-state index in [1.54, 1.807) is 7.11 Å². The van der Waals surface area contributed by atoms with Crippen LogP contribution in [0, 0.1) is 0 Å². The summed E-state index contributed by atoms with van der Waals surface area (Å²) in [6.07, 6.45) is 4.29. The van der Waals surface area contributed by atoms with Crippen molar-refractivity contribution in [1.82, 2.24) is 10.3 Å². The predicted octanol–water partition coefficient (Wildman–Crippen LogP) is 1.93. The van der Waals surface area contributed by atoms with Gasteiger partial charge in [-0.2, -0.15) is 0 Å². The van der Waals surface area contributed by atoms with Crippen LogP contribution in [0.3, 0.4) is 0 Å². The molecule has 4 nitrogen and oxygen atoms in total. The highest BCUT2D eigenvalue weighted by Gasteiger charge is 2.41. The van der Waals surface area contributed by atoms with Gasteiger partial charge in [-0.15, -0.1) is 0 Å². The number of nitrogens with zero attached hydrogens (tertiary/aromatic N) is 1. The van der Waals surface area contributed by atoms with E-state index >= 15 is 0 Å². The van der Waals surface area contributed by atoms with Crippen LogP contribution < -0.4 is 5.32 Å². The highest BCUT2D eigenvalue weighted by atomic mass is 16.5. The number of pyridine rings is 1. The molecule has 3 atom stereocenters. The van der Waals surface area contributed by atoms with Crippen molar-refractivity contribution < 1.29 is 9.47 Å². The third-order valence-electron chi connectivity index (χ3n) is 3.80. The Hall–Kier alpha value is -0.970. The highest BCUT2D eigenvalue weighted by molar-refractivity contribution is 5.19. The summed E-state index contributed by atoms with van der Waals surface area (Å²) in [6, 6.07) is 4.50. The van der Waals surface area contributed by atoms with Gasteiger partial charge in [0.25, 0.3) is 0 Å². The van der Waals surface area contributed by atoms with Gasteiger partial charge in [0.15, 0.2) is 0 Å². The van der Waals surface area contributed by atoms with Crippen LogP contribution in [-0.4, -0.2) is 37.0 Å². The first-order valence-electron chi connectivity index (χ1n) is 7.10. The van der Waals surface area contributed by atoms with Crippen LogP contribution in [0.25, 0.3) is 0 Å². The first-order valence-corrected chi connectivity index (χ1v) is 7.10. The lowest BCUT2D eigenvalue weighted by molar-refractivity contribution is -0.131. The van der Waals surface area contributed by atoms with Gasteiger partial charge in [-0.25, -0.2) is 0 Å². The van der Waals surface area contributed by atoms with Crippen LogP contribution >= 0.6 is 0 Å². The van der Waals surface area contributed by atoms with E-state index in [1.165, 1.54) is 5.56 Å². The Morgan fingerprint density at radius 1 is 1.42 bits per heavy atom. The smallest absolute Gasteiger partial charge is 0.0986 e. The zero-order valence-electron chi connectivity index (χ0n) is 12.1. The lowest BCUT2D eigenvalue weighted by Crippen LogP contribution is -2.59. The van der Waals surface area contributed by atoms with Gasteiger partial charge in [0, 0.05) is 32.5 Å². The summed E-state index contributed by atoms with van der Waals surface area (Å²) in [5.41, 5.74) is 2.45. The second-order valence-corrected chi connectivity index (χ2v) is 4.88. The van der Waals surface area contributed by atoms with Crippen molar-refractivity contribution in [2.24, 2.45) is 0 Å². The van der Waals surface area contributed by atoms with Crippen LogP contribution in [0.5, 0.6) is 0 Å². The van der Waals surface area contributed by atoms with E-state index in [-0.39, 0.29) is 12.2 Å². The van der Waals surface area contributed by atoms with Gasteiger partial charge in [-0.3, -0.25) is 4.98 Å². The Bertz CT molecular complexity index is 397. The molecular weight excluding hydrogens is 240 g/mol. The molecule has 0 radical (unpaired) electrons. The molecule has 106 valence electrons. The number of hydrogen-bond acceptors (Lipinski definition) is 4. The fourth-order valence-electron chi connectivity index (χ4n) is 2.65. The number of rotatable bonds is 7. The van der Waals surface area contributed by atoms with Crippen molar-refractivity contribution in [3.63, 3.8) is 0 Å². The van der Waals surface area contributed by atoms with Crippen molar-refractivity contribution in [2.75, 3.05) is 13.7 Å². The van der Waals surface area contributed by atoms with Gasteiger partial charge >= 0.3 is 0 Å². The Morgan fingerprint density at radius 2 is 2.26 bits per heavy atom. The maximum absolute atomic E-state index is 5.63. The fourth-order valence-corrected chi connectivity index (χ4v) is 2.65. The zero-order chi connectivity index (χ0) is 13.7. The molecule has 0 aliphatic heterocycles. The minimum atomic E-state index is 0.161. The highest BCUT2D eigenvalue weighted by Crippen LogP contribution is 2.27. The molecule has 1 aliphatic carbocycles. The summed E-state index contributed by atoms with van der Waals surface area (Å²) >= 11 is 0. The molecule has 1 heterocycles. The molecule has 0 aromatic carbocycles. The molecule has 19 heavy (non-hydrogen) atoms. The monoisotopic (exact) mass is 264 g/mol. The Balaban J connectivity index is 1.86. The number of aryl methyl sites for hydroxylation is 1. The average molecular weight is 264 g/mol. The van der Waals surface area contributed by atoms with Crippen LogP contribution in [0.1, 0.15) is 31.5 Å². The largest absolute Gasteiger partial charge is 0.377 e. The lowest BCUT2D eigenvalue weighted by atomic mass is 9.85. The Morgan fingerprint density at radius 3 is 2.95 bits per heavy atom. The van der Waals surface area contributed by atoms with Crippen molar-refractivity contribution in [2.45, 2.75) is 51.5 Å². The van der Waals surface area contributed by atoms with E-state index in [0.717, 1.165) is 31.7 Å². The normalized spacial score (nSPS) is 26.2. The maximum atomic E-state index is 5.63. The van der Waals surface area contributed by atoms with Crippen LogP contribution in [0.4, 0.5) is 0 Å². The van der Waals surface area contributed by atoms with Gasteiger partial charge in [0.2, 0.25) is 0 Å². The van der Waals surface area contributed by atoms with Gasteiger partial charge in [-0.1, -0.05) is 13.0 Å². The number of hydrogen-bond donors (Lipinski definition) is 1. The zero-order valence-corrected chi connectivity index (χ0v) is 12.1. The summed E-state index contributed by atoms with van der Waals surface area (Å²) in [7, 11) is 1.75. The van der Waals surface area contributed by atoms with Gasteiger partial charge in [0.05, 0.1) is 17.9 Å². The number of nitrogens with one attached hydrogen (secondary N) is 1. The van der Waals surface area contributed by atoms with Crippen molar-refractivity contribution >= 4 is 0 Å². The molecule has 1 aromatic heterocycles. The minimum absolute atomic E-state index is 0.161. The topological polar surface area (TPSA) is 43.4 Å². The van der Waals surface area contributed by atoms with E-state index in [9.17, 15) is 0 Å². The molecule has 1 fully saturated rings. The molecule has 1 aliphatic rings. The SMILES string of the molecule is CCOC1CC(NCc2ncccc2CC)C1OC. The molecule has 1 aromatic rings. The second kappa shape index (κ2) is 6.98. The van der Waals surface area contributed by atoms with Gasteiger partial charge in [-0.05, 0) is 31.4 Å². The quantitative estimate of drug-likeness (QED) is 0.817. The number of aromatic nitrogens is 1. The summed E-state index contributed by atoms with van der Waals surface area (Å²) in [5.74, 6) is 0. The molecule has 0 bridgehead atoms. The average Bonchev–Trinajstić information content (AvgIpc) is 2.42. The summed E-state index contributed by atoms with van der Waals surface area (Å²) in [5, 5.41) is 3.53. The van der Waals surface area contributed by atoms with E-state index in [2.05, 4.69) is 23.3 Å². The van der Waals surface area contributed by atoms with Crippen LogP contribution in [0.15, 0.2) is 18.3 Å². The first kappa shape index (κ1) is 14.4. The third-order valence-corrected chi connectivity index (χ3v) is 3.80. The molecule has 0 spiro atoms. The number of methoxy groups -OCH3 is 1. The van der Waals surface area contributed by atoms with Crippen molar-refractivity contribution in [3.8, 4) is 0 Å². The Labute approximate surface area is 115 Å². The molecular formula is C15H24N2O2. The standard InChI is InChI=1S/C15H24N2O2/c1-4-11-7-6-8-16-13(11)10-17-12-9-14(19-5-2)15(12)18-3/h6-8,12,14-15,17H,4-5,9-10H2,1-3H3. The maximum Gasteiger partial charge on any atom is 0.0986 e. The summed E-state index contributed by atoms with van der Waals surface area (Å²) < 4.78 is 11.1. The van der Waals surface area contributed by atoms with Crippen LogP contribution in [-0.2, 0) is 22.4 Å². The summed E-state index contributed by atoms with van der Waals surface area (Å²) in [6.45, 7) is 5.73. The first-order chi connectivity index (χ1) is 9.30. The Kier molecular flexibility index (Phi) is 5.31. The molecule has 4 heteroatoms. The minimum Gasteiger partial charge on any atom is -0.377 e. The van der Waals surface area contributed by atoms with E-state index in [4.69, 9.17) is 9.47 Å². The lowest BCUT2D eigenvalue weighted by Gasteiger charge is -2.43. The fraction of sp³-hybridized carbons (Fsp3) is 0.667. The van der Waals surface area contributed by atoms with E-state index in [1.807, 2.05) is 19.2 Å². The number of ether oxygens (including phenoxy) is 2. The van der Waals surface area contributed by atoms with Crippen LogP contribution in [0.2, 0.25) is 0 Å². The molecule has 2 rings (SSSR count). The van der Waals surface area contributed by atoms with Gasteiger partial charge < -0.3 is 14.8 Å². The third kappa shape index (κ3) is 3.32. The summed E-state index contributed by atoms with van der Waals surface area (Å²) in [4.78, 5) is 4.45. The van der Waals surface area contributed by atoms with E-state index < -0.39 is 0 Å². The molecule has 3 unspecified atom stereocenters.